The van der Waals surface area contributed by atoms with Crippen LogP contribution < -0.4 is 11.1 Å². The van der Waals surface area contributed by atoms with Crippen molar-refractivity contribution < 1.29 is 4.79 Å². The van der Waals surface area contributed by atoms with Gasteiger partial charge in [-0.25, -0.2) is 9.97 Å². The summed E-state index contributed by atoms with van der Waals surface area (Å²) in [5.74, 6) is 0.335. The van der Waals surface area contributed by atoms with Gasteiger partial charge in [0.25, 0.3) is 5.91 Å². The van der Waals surface area contributed by atoms with E-state index in [-0.39, 0.29) is 11.8 Å². The van der Waals surface area contributed by atoms with Crippen LogP contribution in [0.1, 0.15) is 34.5 Å². The van der Waals surface area contributed by atoms with Gasteiger partial charge in [0.1, 0.15) is 11.0 Å². The minimum atomic E-state index is -0.233. The molecule has 0 saturated heterocycles. The number of aromatic nitrogens is 3. The molecule has 2 heterocycles. The van der Waals surface area contributed by atoms with Crippen LogP contribution in [-0.2, 0) is 6.42 Å². The van der Waals surface area contributed by atoms with Crippen LogP contribution in [0.5, 0.6) is 0 Å². The lowest BCUT2D eigenvalue weighted by molar-refractivity contribution is 0.102. The third kappa shape index (κ3) is 4.55. The fourth-order valence-electron chi connectivity index (χ4n) is 2.58. The lowest BCUT2D eigenvalue weighted by Crippen LogP contribution is -2.12. The first-order valence-electron chi connectivity index (χ1n) is 8.10. The Balaban J connectivity index is 1.71. The van der Waals surface area contributed by atoms with Gasteiger partial charge in [-0.15, -0.1) is 0 Å². The number of anilines is 2. The molecular weight excluding hydrogens is 350 g/mol. The number of benzene rings is 1. The van der Waals surface area contributed by atoms with E-state index >= 15 is 0 Å². The molecule has 0 saturated carbocycles. The number of nitrogens with zero attached hydrogens (tertiary/aromatic N) is 3. The number of hydrogen-bond donors (Lipinski definition) is 2. The molecule has 3 N–H and O–H groups in total. The van der Waals surface area contributed by atoms with Crippen molar-refractivity contribution in [2.24, 2.45) is 0 Å². The maximum Gasteiger partial charge on any atom is 0.257 e. The van der Waals surface area contributed by atoms with Crippen LogP contribution >= 0.6 is 11.6 Å². The molecule has 6 nitrogen and oxygen atoms in total. The van der Waals surface area contributed by atoms with Crippen molar-refractivity contribution in [3.05, 3.63) is 77.0 Å². The standard InChI is InChI=1S/C19H18ClN5O/c1-12(7-16-10-22-11-17(20)24-16)13-3-2-4-15(8-13)25-19(26)14-5-6-18(21)23-9-14/h2-6,8-12H,7H2,1H3,(H2,21,23)(H,25,26)/t12-/m1/s1. The van der Waals surface area contributed by atoms with Crippen molar-refractivity contribution >= 4 is 29.0 Å². The van der Waals surface area contributed by atoms with Crippen molar-refractivity contribution in [1.29, 1.82) is 0 Å². The number of hydrogen-bond acceptors (Lipinski definition) is 5. The number of rotatable bonds is 5. The number of nitrogens with one attached hydrogen (secondary N) is 1. The Morgan fingerprint density at radius 3 is 2.81 bits per heavy atom. The monoisotopic (exact) mass is 367 g/mol. The van der Waals surface area contributed by atoms with Crippen molar-refractivity contribution in [3.8, 4) is 0 Å². The van der Waals surface area contributed by atoms with Crippen molar-refractivity contribution in [3.63, 3.8) is 0 Å². The Morgan fingerprint density at radius 2 is 2.08 bits per heavy atom. The molecule has 3 rings (SSSR count). The van der Waals surface area contributed by atoms with E-state index in [0.717, 1.165) is 11.3 Å². The fourth-order valence-corrected chi connectivity index (χ4v) is 2.74. The number of carbonyl (C=O) groups is 1. The fraction of sp³-hybridized carbons (Fsp3) is 0.158. The maximum absolute atomic E-state index is 12.3. The Hall–Kier alpha value is -2.99. The summed E-state index contributed by atoms with van der Waals surface area (Å²) in [6.45, 7) is 2.09. The lowest BCUT2D eigenvalue weighted by atomic mass is 9.96. The molecular formula is C19H18ClN5O. The summed E-state index contributed by atoms with van der Waals surface area (Å²) >= 11 is 5.89. The molecule has 1 aromatic carbocycles. The Bertz CT molecular complexity index is 914. The van der Waals surface area contributed by atoms with Crippen LogP contribution in [0.15, 0.2) is 55.0 Å². The van der Waals surface area contributed by atoms with Gasteiger partial charge < -0.3 is 11.1 Å². The smallest absolute Gasteiger partial charge is 0.257 e. The second-order valence-electron chi connectivity index (χ2n) is 5.99. The van der Waals surface area contributed by atoms with Crippen molar-refractivity contribution in [1.82, 2.24) is 15.0 Å². The van der Waals surface area contributed by atoms with Gasteiger partial charge in [-0.2, -0.15) is 0 Å². The molecule has 0 aliphatic carbocycles. The minimum absolute atomic E-state index is 0.192. The van der Waals surface area contributed by atoms with Gasteiger partial charge in [0.2, 0.25) is 0 Å². The highest BCUT2D eigenvalue weighted by Gasteiger charge is 2.11. The van der Waals surface area contributed by atoms with E-state index in [0.29, 0.717) is 28.6 Å². The molecule has 7 heteroatoms. The van der Waals surface area contributed by atoms with Gasteiger partial charge in [0, 0.05) is 18.1 Å². The Morgan fingerprint density at radius 1 is 1.23 bits per heavy atom. The zero-order valence-corrected chi connectivity index (χ0v) is 14.9. The van der Waals surface area contributed by atoms with Gasteiger partial charge in [-0.05, 0) is 42.2 Å². The van der Waals surface area contributed by atoms with Gasteiger partial charge in [0.15, 0.2) is 0 Å². The predicted octanol–water partition coefficient (Wildman–Crippen LogP) is 3.71. The average Bonchev–Trinajstić information content (AvgIpc) is 2.62. The number of halogens is 1. The molecule has 0 bridgehead atoms. The molecule has 1 atom stereocenters. The van der Waals surface area contributed by atoms with Gasteiger partial charge in [0.05, 0.1) is 17.5 Å². The summed E-state index contributed by atoms with van der Waals surface area (Å²) in [5.41, 5.74) is 8.62. The average molecular weight is 368 g/mol. The Kier molecular flexibility index (Phi) is 5.43. The zero-order chi connectivity index (χ0) is 18.5. The topological polar surface area (TPSA) is 93.8 Å². The molecule has 3 aromatic rings. The lowest BCUT2D eigenvalue weighted by Gasteiger charge is -2.13. The van der Waals surface area contributed by atoms with E-state index in [4.69, 9.17) is 17.3 Å². The summed E-state index contributed by atoms with van der Waals surface area (Å²) in [6.07, 6.45) is 5.38. The van der Waals surface area contributed by atoms with Gasteiger partial charge >= 0.3 is 0 Å². The van der Waals surface area contributed by atoms with Gasteiger partial charge in [-0.3, -0.25) is 9.78 Å². The van der Waals surface area contributed by atoms with Crippen molar-refractivity contribution in [2.45, 2.75) is 19.3 Å². The van der Waals surface area contributed by atoms with E-state index in [1.807, 2.05) is 24.3 Å². The Labute approximate surface area is 156 Å². The second kappa shape index (κ2) is 7.93. The molecule has 1 amide bonds. The van der Waals surface area contributed by atoms with Crippen LogP contribution in [0.2, 0.25) is 5.15 Å². The molecule has 0 fully saturated rings. The molecule has 0 spiro atoms. The van der Waals surface area contributed by atoms with E-state index in [1.54, 1.807) is 18.3 Å². The SMILES string of the molecule is C[C@H](Cc1cncc(Cl)n1)c1cccc(NC(=O)c2ccc(N)nc2)c1. The summed E-state index contributed by atoms with van der Waals surface area (Å²) in [7, 11) is 0. The van der Waals surface area contributed by atoms with E-state index < -0.39 is 0 Å². The first-order valence-corrected chi connectivity index (χ1v) is 8.48. The van der Waals surface area contributed by atoms with E-state index in [2.05, 4.69) is 27.2 Å². The van der Waals surface area contributed by atoms with Crippen LogP contribution in [0.4, 0.5) is 11.5 Å². The van der Waals surface area contributed by atoms with Crippen LogP contribution in [0.25, 0.3) is 0 Å². The first-order chi connectivity index (χ1) is 12.5. The number of pyridine rings is 1. The van der Waals surface area contributed by atoms with Crippen LogP contribution in [0, 0.1) is 0 Å². The first kappa shape index (κ1) is 17.8. The van der Waals surface area contributed by atoms with Crippen LogP contribution in [-0.4, -0.2) is 20.9 Å². The highest BCUT2D eigenvalue weighted by Crippen LogP contribution is 2.23. The number of amides is 1. The molecule has 0 unspecified atom stereocenters. The number of nitrogen functional groups attached to an aromatic ring is 1. The molecule has 0 radical (unpaired) electrons. The van der Waals surface area contributed by atoms with Crippen LogP contribution in [0.3, 0.4) is 0 Å². The predicted molar refractivity (Wildman–Crippen MR) is 102 cm³/mol. The largest absolute Gasteiger partial charge is 0.384 e. The summed E-state index contributed by atoms with van der Waals surface area (Å²) in [6, 6.07) is 11.0. The maximum atomic E-state index is 12.3. The quantitative estimate of drug-likeness (QED) is 0.717. The summed E-state index contributed by atoms with van der Waals surface area (Å²) < 4.78 is 0. The number of carbonyl (C=O) groups excluding carboxylic acids is 1. The molecule has 2 aromatic heterocycles. The third-order valence-electron chi connectivity index (χ3n) is 3.93. The van der Waals surface area contributed by atoms with E-state index in [1.165, 1.54) is 12.4 Å². The van der Waals surface area contributed by atoms with Crippen molar-refractivity contribution in [2.75, 3.05) is 11.1 Å². The minimum Gasteiger partial charge on any atom is -0.384 e. The molecule has 132 valence electrons. The third-order valence-corrected chi connectivity index (χ3v) is 4.11. The number of nitrogens with two attached hydrogens (primary N) is 1. The normalized spacial score (nSPS) is 11.8. The van der Waals surface area contributed by atoms with Gasteiger partial charge in [-0.1, -0.05) is 30.7 Å². The molecule has 0 aliphatic heterocycles. The zero-order valence-electron chi connectivity index (χ0n) is 14.2. The van der Waals surface area contributed by atoms with E-state index in [9.17, 15) is 4.79 Å². The summed E-state index contributed by atoms with van der Waals surface area (Å²) in [5, 5.41) is 3.26. The molecule has 26 heavy (non-hydrogen) atoms. The summed E-state index contributed by atoms with van der Waals surface area (Å²) in [4.78, 5) is 24.6. The second-order valence-corrected chi connectivity index (χ2v) is 6.38. The highest BCUT2D eigenvalue weighted by atomic mass is 35.5. The molecule has 0 aliphatic rings. The highest BCUT2D eigenvalue weighted by molar-refractivity contribution is 6.29.